The van der Waals surface area contributed by atoms with E-state index in [0.29, 0.717) is 0 Å². The van der Waals surface area contributed by atoms with Gasteiger partial charge < -0.3 is 23.7 Å². The lowest BCUT2D eigenvalue weighted by Gasteiger charge is -2.29. The topological polar surface area (TPSA) is 124 Å². The molecule has 2 aliphatic rings. The highest BCUT2D eigenvalue weighted by molar-refractivity contribution is 7.85. The van der Waals surface area contributed by atoms with Crippen molar-refractivity contribution in [3.05, 3.63) is 0 Å². The van der Waals surface area contributed by atoms with E-state index in [-0.39, 0.29) is 0 Å². The Kier molecular flexibility index (Phi) is 5.74. The third kappa shape index (κ3) is 5.35. The van der Waals surface area contributed by atoms with Crippen LogP contribution in [0, 0.1) is 0 Å². The highest BCUT2D eigenvalue weighted by Crippen LogP contribution is 2.40. The van der Waals surface area contributed by atoms with Crippen LogP contribution in [0.1, 0.15) is 27.7 Å². The van der Waals surface area contributed by atoms with Gasteiger partial charge in [-0.05, 0) is 13.8 Å². The lowest BCUT2D eigenvalue weighted by molar-refractivity contribution is -0.233. The molecule has 5 atom stereocenters. The summed E-state index contributed by atoms with van der Waals surface area (Å²) < 4.78 is 54.5. The van der Waals surface area contributed by atoms with Gasteiger partial charge in [0.25, 0.3) is 10.1 Å². The lowest BCUT2D eigenvalue weighted by Crippen LogP contribution is -2.47. The van der Waals surface area contributed by atoms with Crippen molar-refractivity contribution < 1.29 is 45.9 Å². The predicted molar refractivity (Wildman–Crippen MR) is 80.6 cm³/mol. The second kappa shape index (κ2) is 7.16. The van der Waals surface area contributed by atoms with E-state index >= 15 is 0 Å². The van der Waals surface area contributed by atoms with Crippen molar-refractivity contribution >= 4 is 22.1 Å². The number of hydrogen-bond donors (Lipinski definition) is 0. The van der Waals surface area contributed by atoms with Gasteiger partial charge >= 0.3 is 11.9 Å². The van der Waals surface area contributed by atoms with Gasteiger partial charge in [-0.25, -0.2) is 0 Å². The number of rotatable bonds is 6. The minimum Gasteiger partial charge on any atom is -0.457 e. The summed E-state index contributed by atoms with van der Waals surface area (Å²) in [6.45, 7) is 5.21. The molecule has 2 rings (SSSR count). The first-order chi connectivity index (χ1) is 11.4. The molecule has 2 heterocycles. The van der Waals surface area contributed by atoms with Crippen molar-refractivity contribution in [3.8, 4) is 0 Å². The van der Waals surface area contributed by atoms with Crippen molar-refractivity contribution in [2.45, 2.75) is 64.2 Å². The van der Waals surface area contributed by atoms with Crippen LogP contribution in [0.2, 0.25) is 0 Å². The molecule has 0 N–H and O–H groups in total. The van der Waals surface area contributed by atoms with Gasteiger partial charge in [-0.1, -0.05) is 0 Å². The van der Waals surface area contributed by atoms with E-state index in [9.17, 15) is 18.0 Å². The fraction of sp³-hybridized carbons (Fsp3) is 0.857. The highest BCUT2D eigenvalue weighted by Gasteiger charge is 2.59. The van der Waals surface area contributed by atoms with Crippen LogP contribution < -0.4 is 0 Å². The molecule has 2 aliphatic heterocycles. The maximum Gasteiger partial charge on any atom is 0.303 e. The van der Waals surface area contributed by atoms with Crippen LogP contribution in [0.4, 0.5) is 0 Å². The molecule has 25 heavy (non-hydrogen) atoms. The predicted octanol–water partition coefficient (Wildman–Crippen LogP) is -0.298. The lowest BCUT2D eigenvalue weighted by atomic mass is 10.1. The number of carbonyl (C=O) groups excluding carboxylic acids is 2. The number of ether oxygens (including phenoxy) is 5. The number of esters is 2. The van der Waals surface area contributed by atoms with Crippen molar-refractivity contribution in [2.24, 2.45) is 0 Å². The van der Waals surface area contributed by atoms with E-state index < -0.39 is 65.2 Å². The summed E-state index contributed by atoms with van der Waals surface area (Å²) in [5.74, 6) is -2.22. The average Bonchev–Trinajstić information content (AvgIpc) is 2.86. The molecule has 0 aliphatic carbocycles. The Balaban J connectivity index is 2.22. The van der Waals surface area contributed by atoms with Crippen LogP contribution in [0.25, 0.3) is 0 Å². The third-order valence-electron chi connectivity index (χ3n) is 3.46. The SMILES string of the molecule is CC(=O)O[C@@H]1[C@H]([C@@H](COS(C)(=O)=O)OC(C)=O)O[C@@H]2OC(C)(C)O[C@@H]21. The van der Waals surface area contributed by atoms with Gasteiger partial charge in [0.15, 0.2) is 30.4 Å². The molecule has 0 aromatic carbocycles. The summed E-state index contributed by atoms with van der Waals surface area (Å²) in [7, 11) is -3.78. The van der Waals surface area contributed by atoms with E-state index in [1.165, 1.54) is 6.92 Å². The zero-order chi connectivity index (χ0) is 19.0. The molecule has 2 fully saturated rings. The van der Waals surface area contributed by atoms with Crippen molar-refractivity contribution in [2.75, 3.05) is 12.9 Å². The van der Waals surface area contributed by atoms with Gasteiger partial charge in [-0.15, -0.1) is 0 Å². The molecule has 0 aromatic rings. The summed E-state index contributed by atoms with van der Waals surface area (Å²) in [5, 5.41) is 0. The molecule has 144 valence electrons. The van der Waals surface area contributed by atoms with Gasteiger partial charge in [0.2, 0.25) is 0 Å². The molecule has 0 radical (unpaired) electrons. The zero-order valence-corrected chi connectivity index (χ0v) is 15.4. The third-order valence-corrected chi connectivity index (χ3v) is 4.02. The highest BCUT2D eigenvalue weighted by atomic mass is 32.2. The van der Waals surface area contributed by atoms with Crippen LogP contribution in [0.3, 0.4) is 0 Å². The zero-order valence-electron chi connectivity index (χ0n) is 14.6. The van der Waals surface area contributed by atoms with Crippen LogP contribution in [-0.2, 0) is 47.6 Å². The molecule has 0 aromatic heterocycles. The van der Waals surface area contributed by atoms with Crippen molar-refractivity contribution in [1.29, 1.82) is 0 Å². The van der Waals surface area contributed by atoms with E-state index in [2.05, 4.69) is 0 Å². The minimum atomic E-state index is -3.78. The number of hydrogen-bond acceptors (Lipinski definition) is 10. The molecule has 2 saturated heterocycles. The molecule has 0 unspecified atom stereocenters. The second-order valence-electron chi connectivity index (χ2n) is 6.28. The van der Waals surface area contributed by atoms with Gasteiger partial charge in [0.05, 0.1) is 6.26 Å². The monoisotopic (exact) mass is 382 g/mol. The van der Waals surface area contributed by atoms with Gasteiger partial charge in [0.1, 0.15) is 12.7 Å². The van der Waals surface area contributed by atoms with E-state index in [1.54, 1.807) is 13.8 Å². The molecular weight excluding hydrogens is 360 g/mol. The Morgan fingerprint density at radius 3 is 2.32 bits per heavy atom. The van der Waals surface area contributed by atoms with Crippen LogP contribution >= 0.6 is 0 Å². The maximum absolute atomic E-state index is 11.4. The van der Waals surface area contributed by atoms with Crippen molar-refractivity contribution in [1.82, 2.24) is 0 Å². The fourth-order valence-electron chi connectivity index (χ4n) is 2.73. The Labute approximate surface area is 145 Å². The first-order valence-corrected chi connectivity index (χ1v) is 9.39. The van der Waals surface area contributed by atoms with E-state index in [1.807, 2.05) is 0 Å². The smallest absolute Gasteiger partial charge is 0.303 e. The van der Waals surface area contributed by atoms with Crippen molar-refractivity contribution in [3.63, 3.8) is 0 Å². The molecule has 0 bridgehead atoms. The van der Waals surface area contributed by atoms with Crippen LogP contribution in [0.5, 0.6) is 0 Å². The number of carbonyl (C=O) groups is 2. The van der Waals surface area contributed by atoms with E-state index in [0.717, 1.165) is 13.2 Å². The van der Waals surface area contributed by atoms with Gasteiger partial charge in [-0.2, -0.15) is 8.42 Å². The molecule has 0 spiro atoms. The Bertz CT molecular complexity index is 628. The Hall–Kier alpha value is -1.27. The second-order valence-corrected chi connectivity index (χ2v) is 7.92. The summed E-state index contributed by atoms with van der Waals surface area (Å²) in [6, 6.07) is 0. The Morgan fingerprint density at radius 1 is 1.16 bits per heavy atom. The Morgan fingerprint density at radius 2 is 1.80 bits per heavy atom. The standard InChI is InChI=1S/C14H22O10S/c1-7(15)20-9(6-19-25(5,17)18)10-11(21-8(2)16)12-13(22-10)24-14(3,4)23-12/h9-13H,6H2,1-5H3/t9-,10+,11-,12-,13-/m1/s1. The average molecular weight is 382 g/mol. The molecule has 0 saturated carbocycles. The first-order valence-electron chi connectivity index (χ1n) is 7.58. The van der Waals surface area contributed by atoms with Crippen LogP contribution in [-0.4, -0.2) is 69.7 Å². The quantitative estimate of drug-likeness (QED) is 0.447. The van der Waals surface area contributed by atoms with Crippen LogP contribution in [0.15, 0.2) is 0 Å². The summed E-state index contributed by atoms with van der Waals surface area (Å²) in [5.41, 5.74) is 0. The normalized spacial score (nSPS) is 32.0. The van der Waals surface area contributed by atoms with E-state index in [4.69, 9.17) is 27.9 Å². The molecular formula is C14H22O10S. The summed E-state index contributed by atoms with van der Waals surface area (Å²) >= 11 is 0. The van der Waals surface area contributed by atoms with Gasteiger partial charge in [-0.3, -0.25) is 13.8 Å². The molecule has 0 amide bonds. The number of fused-ring (bicyclic) bond motifs is 1. The summed E-state index contributed by atoms with van der Waals surface area (Å²) in [4.78, 5) is 22.8. The largest absolute Gasteiger partial charge is 0.457 e. The molecule has 10 nitrogen and oxygen atoms in total. The fourth-order valence-corrected chi connectivity index (χ4v) is 3.11. The van der Waals surface area contributed by atoms with Gasteiger partial charge in [0, 0.05) is 13.8 Å². The maximum atomic E-state index is 11.4. The minimum absolute atomic E-state index is 0.496. The molecule has 11 heteroatoms. The first kappa shape index (κ1) is 20.0. The summed E-state index contributed by atoms with van der Waals surface area (Å²) in [6.07, 6.45) is -3.86.